The number of rotatable bonds is 5. The SMILES string of the molecule is CC(NC(=O)COc1ccccn1)c1ccc2ccccc2c1. The van der Waals surface area contributed by atoms with Gasteiger partial charge in [-0.05, 0) is 35.4 Å². The molecule has 0 fully saturated rings. The van der Waals surface area contributed by atoms with Crippen LogP contribution in [0, 0.1) is 0 Å². The summed E-state index contributed by atoms with van der Waals surface area (Å²) in [7, 11) is 0. The number of carbonyl (C=O) groups excluding carboxylic acids is 1. The van der Waals surface area contributed by atoms with Crippen molar-refractivity contribution in [2.75, 3.05) is 6.61 Å². The minimum Gasteiger partial charge on any atom is -0.468 e. The molecule has 1 unspecified atom stereocenters. The lowest BCUT2D eigenvalue weighted by Crippen LogP contribution is -2.31. The molecule has 4 heteroatoms. The van der Waals surface area contributed by atoms with E-state index in [1.807, 2.05) is 31.2 Å². The van der Waals surface area contributed by atoms with E-state index in [9.17, 15) is 4.79 Å². The van der Waals surface area contributed by atoms with Gasteiger partial charge in [-0.1, -0.05) is 42.5 Å². The van der Waals surface area contributed by atoms with E-state index in [0.29, 0.717) is 5.88 Å². The highest BCUT2D eigenvalue weighted by molar-refractivity contribution is 5.83. The van der Waals surface area contributed by atoms with Crippen molar-refractivity contribution in [3.05, 3.63) is 72.4 Å². The van der Waals surface area contributed by atoms with Crippen molar-refractivity contribution in [1.82, 2.24) is 10.3 Å². The largest absolute Gasteiger partial charge is 0.468 e. The van der Waals surface area contributed by atoms with Crippen LogP contribution in [0.1, 0.15) is 18.5 Å². The molecule has 1 amide bonds. The summed E-state index contributed by atoms with van der Waals surface area (Å²) < 4.78 is 5.35. The van der Waals surface area contributed by atoms with E-state index >= 15 is 0 Å². The maximum Gasteiger partial charge on any atom is 0.258 e. The molecule has 0 spiro atoms. The van der Waals surface area contributed by atoms with Gasteiger partial charge in [-0.3, -0.25) is 4.79 Å². The zero-order valence-electron chi connectivity index (χ0n) is 12.9. The molecule has 0 bridgehead atoms. The second kappa shape index (κ2) is 6.92. The van der Waals surface area contributed by atoms with Crippen molar-refractivity contribution >= 4 is 16.7 Å². The van der Waals surface area contributed by atoms with Crippen molar-refractivity contribution in [2.24, 2.45) is 0 Å². The first kappa shape index (κ1) is 15.0. The normalized spacial score (nSPS) is 11.9. The zero-order valence-corrected chi connectivity index (χ0v) is 12.9. The third-order valence-corrected chi connectivity index (χ3v) is 3.64. The molecule has 2 aromatic carbocycles. The van der Waals surface area contributed by atoms with Crippen LogP contribution in [0.2, 0.25) is 0 Å². The molecule has 1 heterocycles. The summed E-state index contributed by atoms with van der Waals surface area (Å²) in [5.41, 5.74) is 1.06. The molecule has 1 atom stereocenters. The first-order chi connectivity index (χ1) is 11.2. The maximum atomic E-state index is 12.0. The standard InChI is InChI=1S/C19H18N2O2/c1-14(16-10-9-15-6-2-3-7-17(15)12-16)21-18(22)13-23-19-8-4-5-11-20-19/h2-12,14H,13H2,1H3,(H,21,22). The Balaban J connectivity index is 1.61. The number of carbonyl (C=O) groups is 1. The molecule has 3 rings (SSSR count). The van der Waals surface area contributed by atoms with E-state index < -0.39 is 0 Å². The lowest BCUT2D eigenvalue weighted by molar-refractivity contribution is -0.123. The van der Waals surface area contributed by atoms with Gasteiger partial charge in [-0.15, -0.1) is 0 Å². The Labute approximate surface area is 135 Å². The number of pyridine rings is 1. The summed E-state index contributed by atoms with van der Waals surface area (Å²) in [6, 6.07) is 19.6. The van der Waals surface area contributed by atoms with Gasteiger partial charge in [0.25, 0.3) is 5.91 Å². The second-order valence-corrected chi connectivity index (χ2v) is 5.35. The number of nitrogens with one attached hydrogen (secondary N) is 1. The highest BCUT2D eigenvalue weighted by Crippen LogP contribution is 2.20. The summed E-state index contributed by atoms with van der Waals surface area (Å²) in [6.07, 6.45) is 1.63. The first-order valence-electron chi connectivity index (χ1n) is 7.54. The molecule has 3 aromatic rings. The number of ether oxygens (including phenoxy) is 1. The number of hydrogen-bond acceptors (Lipinski definition) is 3. The van der Waals surface area contributed by atoms with Crippen molar-refractivity contribution in [2.45, 2.75) is 13.0 Å². The smallest absolute Gasteiger partial charge is 0.258 e. The predicted octanol–water partition coefficient (Wildman–Crippen LogP) is 3.49. The Hall–Kier alpha value is -2.88. The average Bonchev–Trinajstić information content (AvgIpc) is 2.60. The molecule has 116 valence electrons. The number of benzene rings is 2. The van der Waals surface area contributed by atoms with E-state index in [1.165, 1.54) is 5.39 Å². The van der Waals surface area contributed by atoms with Crippen LogP contribution in [-0.4, -0.2) is 17.5 Å². The quantitative estimate of drug-likeness (QED) is 0.785. The average molecular weight is 306 g/mol. The van der Waals surface area contributed by atoms with Gasteiger partial charge in [-0.2, -0.15) is 0 Å². The van der Waals surface area contributed by atoms with E-state index in [4.69, 9.17) is 4.74 Å². The fourth-order valence-corrected chi connectivity index (χ4v) is 2.42. The molecule has 23 heavy (non-hydrogen) atoms. The third-order valence-electron chi connectivity index (χ3n) is 3.64. The van der Waals surface area contributed by atoms with Gasteiger partial charge in [0.05, 0.1) is 6.04 Å². The van der Waals surface area contributed by atoms with Crippen LogP contribution in [0.3, 0.4) is 0 Å². The Kier molecular flexibility index (Phi) is 4.52. The van der Waals surface area contributed by atoms with Crippen LogP contribution in [0.5, 0.6) is 5.88 Å². The fourth-order valence-electron chi connectivity index (χ4n) is 2.42. The Morgan fingerprint density at radius 3 is 2.65 bits per heavy atom. The van der Waals surface area contributed by atoms with E-state index in [0.717, 1.165) is 10.9 Å². The van der Waals surface area contributed by atoms with Gasteiger partial charge in [-0.25, -0.2) is 4.98 Å². The summed E-state index contributed by atoms with van der Waals surface area (Å²) in [6.45, 7) is 1.91. The Morgan fingerprint density at radius 1 is 1.09 bits per heavy atom. The van der Waals surface area contributed by atoms with Crippen LogP contribution in [0.25, 0.3) is 10.8 Å². The van der Waals surface area contributed by atoms with Crippen LogP contribution in [-0.2, 0) is 4.79 Å². The maximum absolute atomic E-state index is 12.0. The van der Waals surface area contributed by atoms with E-state index in [-0.39, 0.29) is 18.6 Å². The molecule has 0 saturated carbocycles. The molecule has 4 nitrogen and oxygen atoms in total. The van der Waals surface area contributed by atoms with Crippen molar-refractivity contribution < 1.29 is 9.53 Å². The molecule has 0 aliphatic heterocycles. The van der Waals surface area contributed by atoms with Crippen molar-refractivity contribution in [3.63, 3.8) is 0 Å². The molecule has 0 saturated heterocycles. The van der Waals surface area contributed by atoms with Crippen LogP contribution >= 0.6 is 0 Å². The molecule has 0 aliphatic carbocycles. The van der Waals surface area contributed by atoms with E-state index in [1.54, 1.807) is 18.3 Å². The molecular weight excluding hydrogens is 288 g/mol. The number of aromatic nitrogens is 1. The number of nitrogens with zero attached hydrogens (tertiary/aromatic N) is 1. The topological polar surface area (TPSA) is 51.2 Å². The van der Waals surface area contributed by atoms with Gasteiger partial charge in [0.15, 0.2) is 6.61 Å². The van der Waals surface area contributed by atoms with Gasteiger partial charge in [0, 0.05) is 12.3 Å². The molecular formula is C19H18N2O2. The zero-order chi connectivity index (χ0) is 16.1. The van der Waals surface area contributed by atoms with Gasteiger partial charge in [0.1, 0.15) is 0 Å². The predicted molar refractivity (Wildman–Crippen MR) is 90.2 cm³/mol. The second-order valence-electron chi connectivity index (χ2n) is 5.35. The van der Waals surface area contributed by atoms with Gasteiger partial charge < -0.3 is 10.1 Å². The van der Waals surface area contributed by atoms with Crippen LogP contribution < -0.4 is 10.1 Å². The van der Waals surface area contributed by atoms with Crippen LogP contribution in [0.4, 0.5) is 0 Å². The Bertz CT molecular complexity index is 803. The minimum absolute atomic E-state index is 0.0467. The monoisotopic (exact) mass is 306 g/mol. The fraction of sp³-hybridized carbons (Fsp3) is 0.158. The summed E-state index contributed by atoms with van der Waals surface area (Å²) in [5, 5.41) is 5.29. The van der Waals surface area contributed by atoms with E-state index in [2.05, 4.69) is 34.6 Å². The molecule has 1 N–H and O–H groups in total. The van der Waals surface area contributed by atoms with Crippen LogP contribution in [0.15, 0.2) is 66.9 Å². The lowest BCUT2D eigenvalue weighted by Gasteiger charge is -2.15. The molecule has 1 aromatic heterocycles. The summed E-state index contributed by atoms with van der Waals surface area (Å²) in [5.74, 6) is 0.275. The molecule has 0 radical (unpaired) electrons. The number of hydrogen-bond donors (Lipinski definition) is 1. The highest BCUT2D eigenvalue weighted by Gasteiger charge is 2.10. The van der Waals surface area contributed by atoms with Crippen molar-refractivity contribution in [1.29, 1.82) is 0 Å². The number of fused-ring (bicyclic) bond motifs is 1. The third kappa shape index (κ3) is 3.86. The lowest BCUT2D eigenvalue weighted by atomic mass is 10.0. The number of amides is 1. The molecule has 0 aliphatic rings. The highest BCUT2D eigenvalue weighted by atomic mass is 16.5. The van der Waals surface area contributed by atoms with Gasteiger partial charge in [0.2, 0.25) is 5.88 Å². The summed E-state index contributed by atoms with van der Waals surface area (Å²) >= 11 is 0. The summed E-state index contributed by atoms with van der Waals surface area (Å²) in [4.78, 5) is 16.0. The van der Waals surface area contributed by atoms with Gasteiger partial charge >= 0.3 is 0 Å². The Morgan fingerprint density at radius 2 is 1.87 bits per heavy atom. The first-order valence-corrected chi connectivity index (χ1v) is 7.54. The minimum atomic E-state index is -0.170. The van der Waals surface area contributed by atoms with Crippen molar-refractivity contribution in [3.8, 4) is 5.88 Å².